The number of ether oxygens (including phenoxy) is 1. The molecule has 4 nitrogen and oxygen atoms in total. The lowest BCUT2D eigenvalue weighted by Crippen LogP contribution is -2.38. The maximum atomic E-state index is 12.6. The highest BCUT2D eigenvalue weighted by molar-refractivity contribution is 7.89. The molecule has 1 aliphatic rings. The van der Waals surface area contributed by atoms with Crippen molar-refractivity contribution in [3.8, 4) is 5.75 Å². The van der Waals surface area contributed by atoms with Gasteiger partial charge in [-0.3, -0.25) is 0 Å². The molecule has 2 rings (SSSR count). The van der Waals surface area contributed by atoms with Gasteiger partial charge in [-0.2, -0.15) is 4.31 Å². The van der Waals surface area contributed by atoms with Gasteiger partial charge in [0, 0.05) is 13.1 Å². The van der Waals surface area contributed by atoms with Crippen LogP contribution in [0.25, 0.3) is 0 Å². The standard InChI is InChI=1S/C14H18F3NO3S/c1-18(11-7-3-2-4-8-11)22(19,20)13-10-6-5-9-12(13)21-14(15,16)17/h5-6,9-11H,2-4,7-8H2,1H3. The number of benzene rings is 1. The molecule has 0 unspecified atom stereocenters. The Morgan fingerprint density at radius 2 is 1.73 bits per heavy atom. The third-order valence-electron chi connectivity index (χ3n) is 3.82. The highest BCUT2D eigenvalue weighted by atomic mass is 32.2. The predicted octanol–water partition coefficient (Wildman–Crippen LogP) is 3.54. The Kier molecular flexibility index (Phi) is 5.01. The molecule has 124 valence electrons. The molecular weight excluding hydrogens is 319 g/mol. The van der Waals surface area contributed by atoms with Gasteiger partial charge in [-0.05, 0) is 25.0 Å². The van der Waals surface area contributed by atoms with Gasteiger partial charge in [-0.15, -0.1) is 13.2 Å². The van der Waals surface area contributed by atoms with Gasteiger partial charge in [0.2, 0.25) is 10.0 Å². The summed E-state index contributed by atoms with van der Waals surface area (Å²) in [7, 11) is -2.62. The molecule has 1 aromatic rings. The summed E-state index contributed by atoms with van der Waals surface area (Å²) in [6.07, 6.45) is -0.598. The minimum atomic E-state index is -4.94. The van der Waals surface area contributed by atoms with Crippen molar-refractivity contribution >= 4 is 10.0 Å². The van der Waals surface area contributed by atoms with Crippen LogP contribution in [-0.4, -0.2) is 32.2 Å². The van der Waals surface area contributed by atoms with Crippen molar-refractivity contribution in [1.82, 2.24) is 4.31 Å². The number of sulfonamides is 1. The zero-order valence-electron chi connectivity index (χ0n) is 12.1. The van der Waals surface area contributed by atoms with Crippen molar-refractivity contribution in [1.29, 1.82) is 0 Å². The van der Waals surface area contributed by atoms with Crippen molar-refractivity contribution in [2.24, 2.45) is 0 Å². The number of nitrogens with zero attached hydrogens (tertiary/aromatic N) is 1. The summed E-state index contributed by atoms with van der Waals surface area (Å²) in [5.74, 6) is -0.697. The maximum absolute atomic E-state index is 12.6. The van der Waals surface area contributed by atoms with E-state index in [2.05, 4.69) is 4.74 Å². The second kappa shape index (κ2) is 6.45. The molecule has 0 heterocycles. The molecule has 0 saturated heterocycles. The molecule has 1 fully saturated rings. The third kappa shape index (κ3) is 3.92. The van der Waals surface area contributed by atoms with E-state index in [0.717, 1.165) is 44.2 Å². The third-order valence-corrected chi connectivity index (χ3v) is 5.77. The number of alkyl halides is 3. The average Bonchev–Trinajstić information content (AvgIpc) is 2.46. The lowest BCUT2D eigenvalue weighted by atomic mass is 9.96. The van der Waals surface area contributed by atoms with Gasteiger partial charge in [0.15, 0.2) is 0 Å². The fraction of sp³-hybridized carbons (Fsp3) is 0.571. The van der Waals surface area contributed by atoms with Crippen LogP contribution < -0.4 is 4.74 Å². The van der Waals surface area contributed by atoms with E-state index in [1.165, 1.54) is 23.5 Å². The Morgan fingerprint density at radius 1 is 1.14 bits per heavy atom. The van der Waals surface area contributed by atoms with Gasteiger partial charge in [-0.1, -0.05) is 31.4 Å². The van der Waals surface area contributed by atoms with Crippen LogP contribution in [0.3, 0.4) is 0 Å². The Labute approximate surface area is 127 Å². The Hall–Kier alpha value is -1.28. The van der Waals surface area contributed by atoms with Gasteiger partial charge < -0.3 is 4.74 Å². The van der Waals surface area contributed by atoms with Crippen molar-refractivity contribution in [3.63, 3.8) is 0 Å². The SMILES string of the molecule is CN(C1CCCCC1)S(=O)(=O)c1ccccc1OC(F)(F)F. The Bertz CT molecular complexity index is 610. The van der Waals surface area contributed by atoms with E-state index in [0.29, 0.717) is 0 Å². The topological polar surface area (TPSA) is 46.6 Å². The van der Waals surface area contributed by atoms with Crippen LogP contribution in [0.4, 0.5) is 13.2 Å². The van der Waals surface area contributed by atoms with Crippen LogP contribution >= 0.6 is 0 Å². The zero-order chi connectivity index (χ0) is 16.4. The number of rotatable bonds is 4. The lowest BCUT2D eigenvalue weighted by Gasteiger charge is -2.30. The molecule has 0 spiro atoms. The first-order chi connectivity index (χ1) is 10.2. The summed E-state index contributed by atoms with van der Waals surface area (Å²) < 4.78 is 67.6. The highest BCUT2D eigenvalue weighted by Gasteiger charge is 2.36. The monoisotopic (exact) mass is 337 g/mol. The summed E-state index contributed by atoms with van der Waals surface area (Å²) in [5.41, 5.74) is 0. The summed E-state index contributed by atoms with van der Waals surface area (Å²) in [6.45, 7) is 0. The molecule has 1 aliphatic carbocycles. The van der Waals surface area contributed by atoms with Crippen molar-refractivity contribution in [3.05, 3.63) is 24.3 Å². The molecule has 0 amide bonds. The molecular formula is C14H18F3NO3S. The minimum absolute atomic E-state index is 0.183. The van der Waals surface area contributed by atoms with Gasteiger partial charge in [0.05, 0.1) is 0 Å². The second-order valence-electron chi connectivity index (χ2n) is 5.31. The van der Waals surface area contributed by atoms with Crippen LogP contribution in [0.5, 0.6) is 5.75 Å². The summed E-state index contributed by atoms with van der Waals surface area (Å²) in [6, 6.07) is 4.65. The molecule has 0 radical (unpaired) electrons. The maximum Gasteiger partial charge on any atom is 0.573 e. The average molecular weight is 337 g/mol. The summed E-state index contributed by atoms with van der Waals surface area (Å²) in [4.78, 5) is -0.458. The molecule has 0 aliphatic heterocycles. The van der Waals surface area contributed by atoms with E-state index in [4.69, 9.17) is 0 Å². The van der Waals surface area contributed by atoms with E-state index in [1.807, 2.05) is 0 Å². The quantitative estimate of drug-likeness (QED) is 0.844. The Balaban J connectivity index is 2.32. The summed E-state index contributed by atoms with van der Waals surface area (Å²) in [5, 5.41) is 0. The van der Waals surface area contributed by atoms with Crippen molar-refractivity contribution < 1.29 is 26.3 Å². The number of hydrogen-bond donors (Lipinski definition) is 0. The first-order valence-electron chi connectivity index (χ1n) is 7.04. The van der Waals surface area contributed by atoms with Crippen molar-refractivity contribution in [2.75, 3.05) is 7.05 Å². The van der Waals surface area contributed by atoms with E-state index in [1.54, 1.807) is 0 Å². The Morgan fingerprint density at radius 3 is 2.32 bits per heavy atom. The van der Waals surface area contributed by atoms with Gasteiger partial charge in [0.25, 0.3) is 0 Å². The number of para-hydroxylation sites is 1. The lowest BCUT2D eigenvalue weighted by molar-refractivity contribution is -0.275. The van der Waals surface area contributed by atoms with Crippen LogP contribution in [-0.2, 0) is 10.0 Å². The smallest absolute Gasteiger partial charge is 0.404 e. The molecule has 0 N–H and O–H groups in total. The molecule has 1 saturated carbocycles. The first-order valence-corrected chi connectivity index (χ1v) is 8.48. The normalized spacial score (nSPS) is 17.7. The first kappa shape index (κ1) is 17.1. The van der Waals surface area contributed by atoms with Crippen LogP contribution in [0.2, 0.25) is 0 Å². The van der Waals surface area contributed by atoms with E-state index >= 15 is 0 Å². The minimum Gasteiger partial charge on any atom is -0.404 e. The molecule has 8 heteroatoms. The van der Waals surface area contributed by atoms with Crippen LogP contribution in [0.1, 0.15) is 32.1 Å². The molecule has 0 atom stereocenters. The fourth-order valence-electron chi connectivity index (χ4n) is 2.67. The van der Waals surface area contributed by atoms with Gasteiger partial charge >= 0.3 is 6.36 Å². The van der Waals surface area contributed by atoms with Crippen LogP contribution in [0, 0.1) is 0 Å². The second-order valence-corrected chi connectivity index (χ2v) is 7.27. The van der Waals surface area contributed by atoms with E-state index in [9.17, 15) is 21.6 Å². The number of halogens is 3. The molecule has 0 aromatic heterocycles. The number of hydrogen-bond acceptors (Lipinski definition) is 3. The predicted molar refractivity (Wildman–Crippen MR) is 74.9 cm³/mol. The largest absolute Gasteiger partial charge is 0.573 e. The van der Waals surface area contributed by atoms with Gasteiger partial charge in [0.1, 0.15) is 10.6 Å². The highest BCUT2D eigenvalue weighted by Crippen LogP contribution is 2.33. The fourth-order valence-corrected chi connectivity index (χ4v) is 4.20. The van der Waals surface area contributed by atoms with Crippen molar-refractivity contribution in [2.45, 2.75) is 49.4 Å². The zero-order valence-corrected chi connectivity index (χ0v) is 13.0. The summed E-state index contributed by atoms with van der Waals surface area (Å²) >= 11 is 0. The van der Waals surface area contributed by atoms with Crippen LogP contribution in [0.15, 0.2) is 29.2 Å². The molecule has 1 aromatic carbocycles. The molecule has 0 bridgehead atoms. The van der Waals surface area contributed by atoms with E-state index < -0.39 is 27.0 Å². The molecule has 22 heavy (non-hydrogen) atoms. The van der Waals surface area contributed by atoms with Gasteiger partial charge in [-0.25, -0.2) is 8.42 Å². The van der Waals surface area contributed by atoms with E-state index in [-0.39, 0.29) is 6.04 Å².